The molecule has 0 unspecified atom stereocenters. The highest BCUT2D eigenvalue weighted by Gasteiger charge is 2.13. The van der Waals surface area contributed by atoms with Gasteiger partial charge < -0.3 is 10.1 Å². The smallest absolute Gasteiger partial charge is 0.344 e. The quantitative estimate of drug-likeness (QED) is 0.168. The molecule has 160 valence electrons. The number of halogens is 1. The Balaban J connectivity index is 1.53. The second-order valence-corrected chi connectivity index (χ2v) is 7.56. The van der Waals surface area contributed by atoms with E-state index in [-0.39, 0.29) is 5.57 Å². The lowest BCUT2D eigenvalue weighted by Gasteiger charge is -2.08. The number of benzene rings is 4. The van der Waals surface area contributed by atoms with Gasteiger partial charge in [-0.25, -0.2) is 4.79 Å². The van der Waals surface area contributed by atoms with Gasteiger partial charge in [0.15, 0.2) is 0 Å². The minimum Gasteiger partial charge on any atom is -0.423 e. The van der Waals surface area contributed by atoms with E-state index in [0.717, 1.165) is 10.8 Å². The van der Waals surface area contributed by atoms with Gasteiger partial charge in [-0.1, -0.05) is 60.1 Å². The molecule has 5 nitrogen and oxygen atoms in total. The molecule has 4 rings (SSSR count). The first-order chi connectivity index (χ1) is 16.0. The van der Waals surface area contributed by atoms with Gasteiger partial charge in [0, 0.05) is 10.7 Å². The van der Waals surface area contributed by atoms with Crippen LogP contribution in [0.3, 0.4) is 0 Å². The number of nitriles is 1. The van der Waals surface area contributed by atoms with Crippen LogP contribution in [0.15, 0.2) is 96.6 Å². The van der Waals surface area contributed by atoms with Crippen LogP contribution in [0, 0.1) is 11.3 Å². The van der Waals surface area contributed by atoms with E-state index < -0.39 is 11.9 Å². The fourth-order valence-electron chi connectivity index (χ4n) is 3.28. The Morgan fingerprint density at radius 1 is 0.909 bits per heavy atom. The SMILES string of the molecule is N#C/C(=C\c1cccc(OC(=O)c2cccc3ccccc23)c1)C(=O)Nc1ccc(Cl)cc1. The molecule has 6 heteroatoms. The molecule has 4 aromatic carbocycles. The molecule has 0 atom stereocenters. The Morgan fingerprint density at radius 2 is 1.64 bits per heavy atom. The zero-order valence-corrected chi connectivity index (χ0v) is 18.0. The Morgan fingerprint density at radius 3 is 2.42 bits per heavy atom. The van der Waals surface area contributed by atoms with E-state index in [1.54, 1.807) is 60.7 Å². The molecule has 4 aromatic rings. The Kier molecular flexibility index (Phi) is 6.49. The van der Waals surface area contributed by atoms with Crippen molar-refractivity contribution in [3.05, 3.63) is 113 Å². The van der Waals surface area contributed by atoms with E-state index in [1.165, 1.54) is 6.08 Å². The first-order valence-electron chi connectivity index (χ1n) is 10.0. The van der Waals surface area contributed by atoms with Crippen molar-refractivity contribution < 1.29 is 14.3 Å². The van der Waals surface area contributed by atoms with Crippen LogP contribution in [0.4, 0.5) is 5.69 Å². The molecule has 33 heavy (non-hydrogen) atoms. The van der Waals surface area contributed by atoms with Crippen molar-refractivity contribution in [3.8, 4) is 11.8 Å². The maximum atomic E-state index is 12.8. The van der Waals surface area contributed by atoms with Gasteiger partial charge in [-0.2, -0.15) is 5.26 Å². The molecule has 0 radical (unpaired) electrons. The maximum absolute atomic E-state index is 12.8. The highest BCUT2D eigenvalue weighted by molar-refractivity contribution is 6.30. The molecular weight excluding hydrogens is 436 g/mol. The molecular formula is C27H17ClN2O3. The second kappa shape index (κ2) is 9.82. The van der Waals surface area contributed by atoms with Crippen molar-refractivity contribution in [1.29, 1.82) is 5.26 Å². The number of ether oxygens (including phenoxy) is 1. The normalized spacial score (nSPS) is 11.0. The first kappa shape index (κ1) is 21.8. The number of rotatable bonds is 5. The molecule has 0 spiro atoms. The summed E-state index contributed by atoms with van der Waals surface area (Å²) < 4.78 is 5.57. The van der Waals surface area contributed by atoms with Crippen molar-refractivity contribution in [3.63, 3.8) is 0 Å². The van der Waals surface area contributed by atoms with Gasteiger partial charge in [-0.15, -0.1) is 0 Å². The number of nitrogens with zero attached hydrogens (tertiary/aromatic N) is 1. The van der Waals surface area contributed by atoms with Crippen LogP contribution in [0.5, 0.6) is 5.75 Å². The molecule has 1 N–H and O–H groups in total. The van der Waals surface area contributed by atoms with E-state index >= 15 is 0 Å². The van der Waals surface area contributed by atoms with Gasteiger partial charge in [0.25, 0.3) is 5.91 Å². The fourth-order valence-corrected chi connectivity index (χ4v) is 3.41. The minimum absolute atomic E-state index is 0.0949. The molecule has 0 saturated heterocycles. The van der Waals surface area contributed by atoms with Crippen LogP contribution in [0.1, 0.15) is 15.9 Å². The van der Waals surface area contributed by atoms with Gasteiger partial charge in [0.05, 0.1) is 5.56 Å². The third-order valence-corrected chi connectivity index (χ3v) is 5.11. The lowest BCUT2D eigenvalue weighted by atomic mass is 10.0. The van der Waals surface area contributed by atoms with Crippen LogP contribution in [0.2, 0.25) is 5.02 Å². The summed E-state index contributed by atoms with van der Waals surface area (Å²) in [5.41, 5.74) is 1.42. The largest absolute Gasteiger partial charge is 0.423 e. The van der Waals surface area contributed by atoms with Gasteiger partial charge in [-0.3, -0.25) is 4.79 Å². The van der Waals surface area contributed by atoms with E-state index in [1.807, 2.05) is 36.4 Å². The number of carbonyl (C=O) groups is 2. The van der Waals surface area contributed by atoms with Crippen LogP contribution in [0.25, 0.3) is 16.8 Å². The zero-order chi connectivity index (χ0) is 23.2. The van der Waals surface area contributed by atoms with Crippen LogP contribution < -0.4 is 10.1 Å². The summed E-state index contributed by atoms with van der Waals surface area (Å²) in [5.74, 6) is -0.746. The maximum Gasteiger partial charge on any atom is 0.344 e. The monoisotopic (exact) mass is 452 g/mol. The van der Waals surface area contributed by atoms with E-state index in [9.17, 15) is 14.9 Å². The molecule has 0 aliphatic heterocycles. The second-order valence-electron chi connectivity index (χ2n) is 7.12. The van der Waals surface area contributed by atoms with Crippen LogP contribution in [-0.2, 0) is 4.79 Å². The topological polar surface area (TPSA) is 79.2 Å². The average molecular weight is 453 g/mol. The third kappa shape index (κ3) is 5.27. The van der Waals surface area contributed by atoms with Crippen molar-refractivity contribution >= 4 is 46.0 Å². The van der Waals surface area contributed by atoms with Gasteiger partial charge in [0.1, 0.15) is 17.4 Å². The number of anilines is 1. The number of hydrogen-bond acceptors (Lipinski definition) is 4. The number of hydrogen-bond donors (Lipinski definition) is 1. The molecule has 0 fully saturated rings. The average Bonchev–Trinajstić information content (AvgIpc) is 2.83. The fraction of sp³-hybridized carbons (Fsp3) is 0. The summed E-state index contributed by atoms with van der Waals surface area (Å²) in [6.45, 7) is 0. The summed E-state index contributed by atoms with van der Waals surface area (Å²) in [7, 11) is 0. The molecule has 0 aliphatic carbocycles. The predicted octanol–water partition coefficient (Wildman–Crippen LogP) is 6.26. The Bertz CT molecular complexity index is 1410. The number of fused-ring (bicyclic) bond motifs is 1. The minimum atomic E-state index is -0.557. The van der Waals surface area contributed by atoms with E-state index in [0.29, 0.717) is 27.6 Å². The number of carbonyl (C=O) groups excluding carboxylic acids is 2. The van der Waals surface area contributed by atoms with E-state index in [4.69, 9.17) is 16.3 Å². The van der Waals surface area contributed by atoms with Crippen molar-refractivity contribution in [2.45, 2.75) is 0 Å². The number of esters is 1. The van der Waals surface area contributed by atoms with E-state index in [2.05, 4.69) is 5.32 Å². The molecule has 0 saturated carbocycles. The highest BCUT2D eigenvalue weighted by atomic mass is 35.5. The molecule has 0 bridgehead atoms. The van der Waals surface area contributed by atoms with Crippen LogP contribution >= 0.6 is 11.6 Å². The summed E-state index contributed by atoms with van der Waals surface area (Å²) in [6.07, 6.45) is 1.43. The predicted molar refractivity (Wildman–Crippen MR) is 129 cm³/mol. The Labute approximate surface area is 195 Å². The molecule has 1 amide bonds. The summed E-state index contributed by atoms with van der Waals surface area (Å²) in [4.78, 5) is 25.3. The Hall–Kier alpha value is -4.40. The standard InChI is InChI=1S/C27H17ClN2O3/c28-21-11-13-22(14-12-21)30-26(31)20(17-29)15-18-5-3-8-23(16-18)33-27(32)25-10-4-7-19-6-1-2-9-24(19)25/h1-16H,(H,30,31)/b20-15+. The van der Waals surface area contributed by atoms with Gasteiger partial charge in [-0.05, 0) is 64.9 Å². The molecule has 0 aliphatic rings. The lowest BCUT2D eigenvalue weighted by Crippen LogP contribution is -2.13. The van der Waals surface area contributed by atoms with Crippen LogP contribution in [-0.4, -0.2) is 11.9 Å². The number of amides is 1. The molecule has 0 aromatic heterocycles. The van der Waals surface area contributed by atoms with Crippen molar-refractivity contribution in [2.24, 2.45) is 0 Å². The van der Waals surface area contributed by atoms with Gasteiger partial charge in [0.2, 0.25) is 0 Å². The molecule has 0 heterocycles. The summed E-state index contributed by atoms with van der Waals surface area (Å²) >= 11 is 5.85. The highest BCUT2D eigenvalue weighted by Crippen LogP contribution is 2.22. The van der Waals surface area contributed by atoms with Crippen molar-refractivity contribution in [1.82, 2.24) is 0 Å². The first-order valence-corrected chi connectivity index (χ1v) is 10.4. The third-order valence-electron chi connectivity index (χ3n) is 4.86. The summed E-state index contributed by atoms with van der Waals surface area (Å²) in [6, 6.07) is 28.1. The lowest BCUT2D eigenvalue weighted by molar-refractivity contribution is -0.112. The van der Waals surface area contributed by atoms with Crippen molar-refractivity contribution in [2.75, 3.05) is 5.32 Å². The zero-order valence-electron chi connectivity index (χ0n) is 17.3. The summed E-state index contributed by atoms with van der Waals surface area (Å²) in [5, 5.41) is 14.4. The number of nitrogens with one attached hydrogen (secondary N) is 1. The van der Waals surface area contributed by atoms with Gasteiger partial charge >= 0.3 is 5.97 Å².